The molecule has 0 radical (unpaired) electrons. The number of para-hydroxylation sites is 2. The lowest BCUT2D eigenvalue weighted by molar-refractivity contribution is -0.111. The van der Waals surface area contributed by atoms with Gasteiger partial charge in [0.15, 0.2) is 0 Å². The molecule has 0 saturated heterocycles. The molecule has 0 bridgehead atoms. The first-order valence-electron chi connectivity index (χ1n) is 9.87. The topological polar surface area (TPSA) is 69.0 Å². The third-order valence-electron chi connectivity index (χ3n) is 4.69. The van der Waals surface area contributed by atoms with Crippen LogP contribution in [-0.4, -0.2) is 27.8 Å². The highest BCUT2D eigenvalue weighted by molar-refractivity contribution is 6.03. The van der Waals surface area contributed by atoms with E-state index >= 15 is 0 Å². The molecule has 2 heterocycles. The first-order valence-corrected chi connectivity index (χ1v) is 9.87. The van der Waals surface area contributed by atoms with E-state index in [9.17, 15) is 4.79 Å². The van der Waals surface area contributed by atoms with Crippen molar-refractivity contribution in [2.75, 3.05) is 12.4 Å². The van der Waals surface area contributed by atoms with Gasteiger partial charge in [0.2, 0.25) is 5.91 Å². The number of amides is 1. The number of hydrogen-bond donors (Lipinski definition) is 1. The summed E-state index contributed by atoms with van der Waals surface area (Å²) in [6.07, 6.45) is 8.68. The van der Waals surface area contributed by atoms with E-state index in [1.54, 1.807) is 37.7 Å². The second-order valence-corrected chi connectivity index (χ2v) is 6.88. The maximum atomic E-state index is 12.5. The minimum Gasteiger partial charge on any atom is -0.495 e. The van der Waals surface area contributed by atoms with Crippen molar-refractivity contribution in [1.82, 2.24) is 14.8 Å². The lowest BCUT2D eigenvalue weighted by atomic mass is 10.1. The normalized spacial score (nSPS) is 10.9. The zero-order valence-corrected chi connectivity index (χ0v) is 17.1. The number of carbonyl (C=O) groups excluding carboxylic acids is 1. The third-order valence-corrected chi connectivity index (χ3v) is 4.69. The van der Waals surface area contributed by atoms with Crippen LogP contribution in [0.2, 0.25) is 0 Å². The number of anilines is 1. The largest absolute Gasteiger partial charge is 0.495 e. The summed E-state index contributed by atoms with van der Waals surface area (Å²) in [4.78, 5) is 16.7. The predicted molar refractivity (Wildman–Crippen MR) is 122 cm³/mol. The van der Waals surface area contributed by atoms with Gasteiger partial charge in [-0.05, 0) is 35.9 Å². The highest BCUT2D eigenvalue weighted by atomic mass is 16.5. The maximum Gasteiger partial charge on any atom is 0.248 e. The Bertz CT molecular complexity index is 1180. The molecule has 2 aromatic heterocycles. The Hall–Kier alpha value is -4.19. The van der Waals surface area contributed by atoms with E-state index in [0.717, 1.165) is 22.4 Å². The number of aromatic nitrogens is 3. The number of benzene rings is 2. The van der Waals surface area contributed by atoms with Gasteiger partial charge in [-0.15, -0.1) is 0 Å². The molecular formula is C25H22N4O2. The Labute approximate surface area is 180 Å². The van der Waals surface area contributed by atoms with Crippen LogP contribution in [0.4, 0.5) is 5.69 Å². The van der Waals surface area contributed by atoms with Gasteiger partial charge in [0.25, 0.3) is 0 Å². The summed E-state index contributed by atoms with van der Waals surface area (Å²) in [5.41, 5.74) is 4.25. The van der Waals surface area contributed by atoms with Crippen LogP contribution in [-0.2, 0) is 11.3 Å². The van der Waals surface area contributed by atoms with Crippen LogP contribution in [0, 0.1) is 0 Å². The maximum absolute atomic E-state index is 12.5. The number of pyridine rings is 1. The van der Waals surface area contributed by atoms with Crippen LogP contribution in [0.25, 0.3) is 17.3 Å². The van der Waals surface area contributed by atoms with Crippen molar-refractivity contribution in [3.05, 3.63) is 103 Å². The average molecular weight is 410 g/mol. The molecule has 1 amide bonds. The second kappa shape index (κ2) is 9.54. The second-order valence-electron chi connectivity index (χ2n) is 6.88. The number of methoxy groups -OCH3 is 1. The average Bonchev–Trinajstić information content (AvgIpc) is 3.22. The molecule has 4 rings (SSSR count). The van der Waals surface area contributed by atoms with Gasteiger partial charge in [-0.25, -0.2) is 0 Å². The summed E-state index contributed by atoms with van der Waals surface area (Å²) >= 11 is 0. The zero-order chi connectivity index (χ0) is 21.5. The van der Waals surface area contributed by atoms with Gasteiger partial charge in [-0.1, -0.05) is 42.5 Å². The molecule has 6 heteroatoms. The van der Waals surface area contributed by atoms with Gasteiger partial charge in [0, 0.05) is 35.8 Å². The van der Waals surface area contributed by atoms with E-state index in [0.29, 0.717) is 18.0 Å². The Kier molecular flexibility index (Phi) is 6.18. The molecule has 0 unspecified atom stereocenters. The van der Waals surface area contributed by atoms with E-state index in [2.05, 4.69) is 22.4 Å². The molecule has 154 valence electrons. The predicted octanol–water partition coefficient (Wildman–Crippen LogP) is 4.65. The first-order chi connectivity index (χ1) is 15.2. The Balaban J connectivity index is 1.59. The first kappa shape index (κ1) is 20.1. The molecule has 4 aromatic rings. The van der Waals surface area contributed by atoms with E-state index < -0.39 is 0 Å². The van der Waals surface area contributed by atoms with Crippen LogP contribution in [0.1, 0.15) is 11.1 Å². The van der Waals surface area contributed by atoms with Crippen molar-refractivity contribution in [3.63, 3.8) is 0 Å². The molecule has 0 saturated carbocycles. The fourth-order valence-corrected chi connectivity index (χ4v) is 3.23. The van der Waals surface area contributed by atoms with Crippen molar-refractivity contribution in [1.29, 1.82) is 0 Å². The number of carbonyl (C=O) groups is 1. The molecule has 0 atom stereocenters. The summed E-state index contributed by atoms with van der Waals surface area (Å²) in [5, 5.41) is 7.59. The fraction of sp³-hybridized carbons (Fsp3) is 0.0800. The zero-order valence-electron chi connectivity index (χ0n) is 17.1. The van der Waals surface area contributed by atoms with Gasteiger partial charge in [-0.3, -0.25) is 14.5 Å². The van der Waals surface area contributed by atoms with E-state index in [1.165, 1.54) is 6.08 Å². The lowest BCUT2D eigenvalue weighted by Gasteiger charge is -2.07. The van der Waals surface area contributed by atoms with Crippen molar-refractivity contribution >= 4 is 17.7 Å². The molecular weight excluding hydrogens is 388 g/mol. The standard InChI is InChI=1S/C25H22N4O2/c1-31-23-12-6-5-11-22(23)27-24(30)14-13-21-18-29(17-19-8-3-2-4-9-19)28-25(21)20-10-7-15-26-16-20/h2-16,18H,17H2,1H3,(H,27,30). The minimum absolute atomic E-state index is 0.252. The molecule has 0 fully saturated rings. The lowest BCUT2D eigenvalue weighted by Crippen LogP contribution is -2.08. The monoisotopic (exact) mass is 410 g/mol. The highest BCUT2D eigenvalue weighted by Gasteiger charge is 2.11. The number of rotatable bonds is 7. The molecule has 0 aliphatic heterocycles. The molecule has 0 aliphatic carbocycles. The number of hydrogen-bond acceptors (Lipinski definition) is 4. The highest BCUT2D eigenvalue weighted by Crippen LogP contribution is 2.24. The van der Waals surface area contributed by atoms with E-state index in [4.69, 9.17) is 9.84 Å². The number of ether oxygens (including phenoxy) is 1. The van der Waals surface area contributed by atoms with Gasteiger partial charge < -0.3 is 10.1 Å². The Morgan fingerprint density at radius 2 is 1.87 bits per heavy atom. The summed E-state index contributed by atoms with van der Waals surface area (Å²) < 4.78 is 7.16. The van der Waals surface area contributed by atoms with E-state index in [1.807, 2.05) is 53.3 Å². The molecule has 0 aliphatic rings. The Morgan fingerprint density at radius 3 is 2.65 bits per heavy atom. The summed E-state index contributed by atoms with van der Waals surface area (Å²) in [6, 6.07) is 21.2. The number of nitrogens with zero attached hydrogens (tertiary/aromatic N) is 3. The van der Waals surface area contributed by atoms with Gasteiger partial charge in [-0.2, -0.15) is 5.10 Å². The fourth-order valence-electron chi connectivity index (χ4n) is 3.23. The van der Waals surface area contributed by atoms with Crippen LogP contribution in [0.3, 0.4) is 0 Å². The summed E-state index contributed by atoms with van der Waals surface area (Å²) in [7, 11) is 1.57. The van der Waals surface area contributed by atoms with Crippen molar-refractivity contribution in [3.8, 4) is 17.0 Å². The smallest absolute Gasteiger partial charge is 0.248 e. The van der Waals surface area contributed by atoms with Gasteiger partial charge in [0.1, 0.15) is 11.4 Å². The van der Waals surface area contributed by atoms with Crippen molar-refractivity contribution in [2.24, 2.45) is 0 Å². The van der Waals surface area contributed by atoms with Crippen molar-refractivity contribution in [2.45, 2.75) is 6.54 Å². The summed E-state index contributed by atoms with van der Waals surface area (Å²) in [6.45, 7) is 0.634. The third kappa shape index (κ3) is 5.05. The number of nitrogens with one attached hydrogen (secondary N) is 1. The van der Waals surface area contributed by atoms with Crippen LogP contribution >= 0.6 is 0 Å². The SMILES string of the molecule is COc1ccccc1NC(=O)C=Cc1cn(Cc2ccccc2)nc1-c1cccnc1. The van der Waals surface area contributed by atoms with Crippen LogP contribution in [0.15, 0.2) is 91.4 Å². The molecule has 1 N–H and O–H groups in total. The minimum atomic E-state index is -0.252. The molecule has 6 nitrogen and oxygen atoms in total. The van der Waals surface area contributed by atoms with Gasteiger partial charge in [0.05, 0.1) is 19.3 Å². The molecule has 2 aromatic carbocycles. The Morgan fingerprint density at radius 1 is 1.06 bits per heavy atom. The molecule has 0 spiro atoms. The van der Waals surface area contributed by atoms with Crippen LogP contribution < -0.4 is 10.1 Å². The van der Waals surface area contributed by atoms with Gasteiger partial charge >= 0.3 is 0 Å². The summed E-state index contributed by atoms with van der Waals surface area (Å²) in [5.74, 6) is 0.355. The van der Waals surface area contributed by atoms with E-state index in [-0.39, 0.29) is 5.91 Å². The molecule has 31 heavy (non-hydrogen) atoms. The van der Waals surface area contributed by atoms with Crippen molar-refractivity contribution < 1.29 is 9.53 Å². The van der Waals surface area contributed by atoms with Crippen LogP contribution in [0.5, 0.6) is 5.75 Å². The quantitative estimate of drug-likeness (QED) is 0.450.